The number of pyridine rings is 2. The van der Waals surface area contributed by atoms with Gasteiger partial charge in [-0.3, -0.25) is 4.90 Å². The highest BCUT2D eigenvalue weighted by Gasteiger charge is 2.21. The number of nitrogens with zero attached hydrogens (tertiary/aromatic N) is 3. The lowest BCUT2D eigenvalue weighted by molar-refractivity contribution is 0.477. The number of benzene rings is 5. The van der Waals surface area contributed by atoms with Gasteiger partial charge in [0.15, 0.2) is 5.58 Å². The van der Waals surface area contributed by atoms with Gasteiger partial charge in [-0.2, -0.15) is 0 Å². The second kappa shape index (κ2) is 11.1. The predicted molar refractivity (Wildman–Crippen MR) is 182 cm³/mol. The van der Waals surface area contributed by atoms with Crippen LogP contribution in [0.25, 0.3) is 55.6 Å². The first-order valence-electron chi connectivity index (χ1n) is 14.8. The average Bonchev–Trinajstić information content (AvgIpc) is 3.48. The van der Waals surface area contributed by atoms with Crippen molar-refractivity contribution in [2.24, 2.45) is 0 Å². The fraction of sp³-hybridized carbons (Fsp3) is 0. The van der Waals surface area contributed by atoms with Gasteiger partial charge in [0.1, 0.15) is 22.8 Å². The molecule has 1 N–H and O–H groups in total. The first-order valence-corrected chi connectivity index (χ1v) is 14.8. The Kier molecular flexibility index (Phi) is 6.54. The minimum atomic E-state index is 0.150. The number of furan rings is 1. The van der Waals surface area contributed by atoms with E-state index >= 15 is 0 Å². The minimum Gasteiger partial charge on any atom is -0.507 e. The normalized spacial score (nSPS) is 11.2. The summed E-state index contributed by atoms with van der Waals surface area (Å²) in [5.41, 5.74) is 8.50. The van der Waals surface area contributed by atoms with Crippen LogP contribution in [0.1, 0.15) is 0 Å². The van der Waals surface area contributed by atoms with E-state index in [9.17, 15) is 5.11 Å². The Morgan fingerprint density at radius 2 is 1.31 bits per heavy atom. The van der Waals surface area contributed by atoms with Crippen LogP contribution < -0.4 is 4.90 Å². The molecule has 8 aromatic rings. The van der Waals surface area contributed by atoms with E-state index in [0.29, 0.717) is 16.8 Å². The van der Waals surface area contributed by atoms with Gasteiger partial charge in [-0.1, -0.05) is 97.1 Å². The van der Waals surface area contributed by atoms with Gasteiger partial charge in [-0.15, -0.1) is 0 Å². The molecule has 3 heterocycles. The van der Waals surface area contributed by atoms with Crippen molar-refractivity contribution >= 4 is 39.1 Å². The van der Waals surface area contributed by atoms with E-state index in [1.807, 2.05) is 72.9 Å². The van der Waals surface area contributed by atoms with Crippen LogP contribution in [0.3, 0.4) is 0 Å². The Morgan fingerprint density at radius 1 is 0.578 bits per heavy atom. The lowest BCUT2D eigenvalue weighted by Gasteiger charge is -2.27. The van der Waals surface area contributed by atoms with Crippen LogP contribution >= 0.6 is 0 Å². The molecule has 0 aliphatic heterocycles. The summed E-state index contributed by atoms with van der Waals surface area (Å²) >= 11 is 0. The predicted octanol–water partition coefficient (Wildman–Crippen LogP) is 10.6. The molecule has 0 saturated carbocycles. The van der Waals surface area contributed by atoms with Crippen LogP contribution in [0.5, 0.6) is 5.75 Å². The summed E-state index contributed by atoms with van der Waals surface area (Å²) in [4.78, 5) is 12.1. The second-order valence-corrected chi connectivity index (χ2v) is 10.8. The van der Waals surface area contributed by atoms with Gasteiger partial charge in [0.05, 0.1) is 11.4 Å². The molecule has 8 rings (SSSR count). The number of aromatic hydroxyl groups is 1. The Bertz CT molecular complexity index is 2300. The maximum atomic E-state index is 10.9. The van der Waals surface area contributed by atoms with E-state index in [4.69, 9.17) is 14.4 Å². The van der Waals surface area contributed by atoms with Gasteiger partial charge >= 0.3 is 0 Å². The summed E-state index contributed by atoms with van der Waals surface area (Å²) in [5.74, 6) is 0.952. The van der Waals surface area contributed by atoms with Crippen LogP contribution in [0.2, 0.25) is 0 Å². The second-order valence-electron chi connectivity index (χ2n) is 10.8. The number of rotatable bonds is 6. The van der Waals surface area contributed by atoms with Crippen LogP contribution in [-0.4, -0.2) is 15.1 Å². The van der Waals surface area contributed by atoms with Crippen molar-refractivity contribution in [2.75, 3.05) is 4.90 Å². The maximum Gasteiger partial charge on any atom is 0.161 e. The van der Waals surface area contributed by atoms with E-state index in [-0.39, 0.29) is 5.75 Å². The molecule has 0 spiro atoms. The molecular weight excluding hydrogens is 554 g/mol. The Balaban J connectivity index is 1.34. The number of anilines is 3. The van der Waals surface area contributed by atoms with Crippen LogP contribution in [0.4, 0.5) is 17.2 Å². The lowest BCUT2D eigenvalue weighted by Crippen LogP contribution is -2.12. The molecule has 3 aromatic heterocycles. The highest BCUT2D eigenvalue weighted by atomic mass is 16.3. The molecule has 0 unspecified atom stereocenters. The number of aromatic nitrogens is 2. The van der Waals surface area contributed by atoms with E-state index in [1.165, 1.54) is 0 Å². The largest absolute Gasteiger partial charge is 0.507 e. The highest BCUT2D eigenvalue weighted by molar-refractivity contribution is 6.10. The molecule has 0 fully saturated rings. The summed E-state index contributed by atoms with van der Waals surface area (Å²) in [6, 6.07) is 50.4. The number of phenolic OH excluding ortho intramolecular Hbond substituents is 1. The Labute approximate surface area is 260 Å². The van der Waals surface area contributed by atoms with E-state index < -0.39 is 0 Å². The monoisotopic (exact) mass is 581 g/mol. The molecule has 45 heavy (non-hydrogen) atoms. The zero-order valence-corrected chi connectivity index (χ0v) is 24.2. The van der Waals surface area contributed by atoms with Crippen molar-refractivity contribution in [3.05, 3.63) is 158 Å². The molecule has 5 aromatic carbocycles. The van der Waals surface area contributed by atoms with Gasteiger partial charge in [0, 0.05) is 39.3 Å². The molecule has 0 aliphatic carbocycles. The van der Waals surface area contributed by atoms with E-state index in [1.54, 1.807) is 6.07 Å². The molecular formula is C40H27N3O2. The van der Waals surface area contributed by atoms with Crippen molar-refractivity contribution in [3.8, 4) is 39.4 Å². The lowest BCUT2D eigenvalue weighted by atomic mass is 10.0. The van der Waals surface area contributed by atoms with Gasteiger partial charge in [0.25, 0.3) is 0 Å². The third-order valence-corrected chi connectivity index (χ3v) is 8.03. The SMILES string of the molecule is Oc1ccccc1-c1nc(-c2cccc(N(c3ccccn3)c3ccccc3-c3ccccc3)c2)cc2c1oc1ccccc12. The Hall–Kier alpha value is -6.20. The zero-order valence-electron chi connectivity index (χ0n) is 24.2. The fourth-order valence-electron chi connectivity index (χ4n) is 5.94. The van der Waals surface area contributed by atoms with Gasteiger partial charge in [-0.25, -0.2) is 9.97 Å². The molecule has 0 bridgehead atoms. The summed E-state index contributed by atoms with van der Waals surface area (Å²) in [5, 5.41) is 12.8. The quantitative estimate of drug-likeness (QED) is 0.212. The van der Waals surface area contributed by atoms with Crippen LogP contribution in [-0.2, 0) is 0 Å². The molecule has 0 atom stereocenters. The van der Waals surface area contributed by atoms with Crippen molar-refractivity contribution < 1.29 is 9.52 Å². The fourth-order valence-corrected chi connectivity index (χ4v) is 5.94. The summed E-state index contributed by atoms with van der Waals surface area (Å²) in [6.07, 6.45) is 1.81. The molecule has 0 aliphatic rings. The van der Waals surface area contributed by atoms with Crippen molar-refractivity contribution in [3.63, 3.8) is 0 Å². The molecule has 0 saturated heterocycles. The van der Waals surface area contributed by atoms with E-state index in [2.05, 4.69) is 83.8 Å². The number of phenols is 1. The van der Waals surface area contributed by atoms with Crippen LogP contribution in [0.15, 0.2) is 162 Å². The molecule has 0 radical (unpaired) electrons. The standard InChI is InChI=1S/C40H27N3O2/c44-36-21-8-5-19-32(36)39-40-33(31-18-6-9-22-37(31)45-40)26-34(42-39)28-15-12-16-29(25-28)43(38-23-10-11-24-41-38)35-20-7-4-17-30(35)27-13-2-1-3-14-27/h1-26,44H. The summed E-state index contributed by atoms with van der Waals surface area (Å²) < 4.78 is 6.33. The molecule has 214 valence electrons. The summed E-state index contributed by atoms with van der Waals surface area (Å²) in [7, 11) is 0. The average molecular weight is 582 g/mol. The van der Waals surface area contributed by atoms with Crippen LogP contribution in [0, 0.1) is 0 Å². The van der Waals surface area contributed by atoms with Gasteiger partial charge < -0.3 is 9.52 Å². The molecule has 5 nitrogen and oxygen atoms in total. The Morgan fingerprint density at radius 3 is 2.16 bits per heavy atom. The summed E-state index contributed by atoms with van der Waals surface area (Å²) in [6.45, 7) is 0. The van der Waals surface area contributed by atoms with E-state index in [0.717, 1.165) is 55.9 Å². The zero-order chi connectivity index (χ0) is 30.2. The third-order valence-electron chi connectivity index (χ3n) is 8.03. The van der Waals surface area contributed by atoms with Gasteiger partial charge in [0.2, 0.25) is 0 Å². The first-order chi connectivity index (χ1) is 22.2. The van der Waals surface area contributed by atoms with Crippen molar-refractivity contribution in [1.29, 1.82) is 0 Å². The van der Waals surface area contributed by atoms with Crippen molar-refractivity contribution in [1.82, 2.24) is 9.97 Å². The number of hydrogen-bond donors (Lipinski definition) is 1. The number of hydrogen-bond acceptors (Lipinski definition) is 5. The maximum absolute atomic E-state index is 10.9. The first kappa shape index (κ1) is 26.4. The smallest absolute Gasteiger partial charge is 0.161 e. The number of para-hydroxylation sites is 3. The number of fused-ring (bicyclic) bond motifs is 3. The van der Waals surface area contributed by atoms with Gasteiger partial charge in [-0.05, 0) is 60.2 Å². The van der Waals surface area contributed by atoms with Crippen molar-refractivity contribution in [2.45, 2.75) is 0 Å². The topological polar surface area (TPSA) is 62.4 Å². The highest BCUT2D eigenvalue weighted by Crippen LogP contribution is 2.43. The molecule has 0 amide bonds. The molecule has 5 heteroatoms. The third kappa shape index (κ3) is 4.77. The minimum absolute atomic E-state index is 0.150.